The normalized spacial score (nSPS) is 13.3. The van der Waals surface area contributed by atoms with Gasteiger partial charge in [0.15, 0.2) is 0 Å². The first-order chi connectivity index (χ1) is 24.0. The van der Waals surface area contributed by atoms with E-state index in [0.717, 1.165) is 39.0 Å². The molecule has 10 rings (SSSR count). The summed E-state index contributed by atoms with van der Waals surface area (Å²) in [7, 11) is 0. The third kappa shape index (κ3) is 4.20. The zero-order valence-corrected chi connectivity index (χ0v) is 27.4. The van der Waals surface area contributed by atoms with Crippen molar-refractivity contribution in [2.45, 2.75) is 19.3 Å². The molecule has 0 radical (unpaired) electrons. The smallest absolute Gasteiger partial charge is 0.137 e. The second kappa shape index (κ2) is 10.4. The van der Waals surface area contributed by atoms with Crippen LogP contribution in [0.15, 0.2) is 168 Å². The molecule has 0 aliphatic heterocycles. The molecule has 0 bridgehead atoms. The third-order valence-electron chi connectivity index (χ3n) is 10.6. The van der Waals surface area contributed by atoms with Gasteiger partial charge in [0.25, 0.3) is 0 Å². The van der Waals surface area contributed by atoms with Crippen LogP contribution in [0.1, 0.15) is 25.0 Å². The van der Waals surface area contributed by atoms with Crippen molar-refractivity contribution >= 4 is 60.5 Å². The van der Waals surface area contributed by atoms with E-state index in [2.05, 4.69) is 183 Å². The topological polar surface area (TPSA) is 16.4 Å². The Morgan fingerprint density at radius 1 is 0.449 bits per heavy atom. The highest BCUT2D eigenvalue weighted by Crippen LogP contribution is 2.51. The van der Waals surface area contributed by atoms with Gasteiger partial charge in [0.1, 0.15) is 11.2 Å². The highest BCUT2D eigenvalue weighted by atomic mass is 16.3. The second-order valence-electron chi connectivity index (χ2n) is 13.8. The number of furan rings is 1. The van der Waals surface area contributed by atoms with Crippen LogP contribution < -0.4 is 4.90 Å². The Kier molecular flexibility index (Phi) is 5.95. The molecule has 1 aliphatic rings. The van der Waals surface area contributed by atoms with Crippen molar-refractivity contribution in [2.75, 3.05) is 4.90 Å². The van der Waals surface area contributed by atoms with E-state index in [-0.39, 0.29) is 5.41 Å². The number of anilines is 3. The lowest BCUT2D eigenvalue weighted by Crippen LogP contribution is -2.15. The van der Waals surface area contributed by atoms with Crippen molar-refractivity contribution in [3.05, 3.63) is 175 Å². The predicted octanol–water partition coefficient (Wildman–Crippen LogP) is 13.3. The van der Waals surface area contributed by atoms with Crippen LogP contribution in [0.25, 0.3) is 65.7 Å². The Hall–Kier alpha value is -6.12. The van der Waals surface area contributed by atoms with Crippen LogP contribution in [0, 0.1) is 0 Å². The fourth-order valence-electron chi connectivity index (χ4n) is 8.22. The molecule has 0 N–H and O–H groups in total. The fourth-order valence-corrected chi connectivity index (χ4v) is 8.22. The molecule has 1 heterocycles. The zero-order chi connectivity index (χ0) is 32.7. The van der Waals surface area contributed by atoms with Crippen LogP contribution in [0.4, 0.5) is 17.1 Å². The molecule has 2 heteroatoms. The first-order valence-corrected chi connectivity index (χ1v) is 17.0. The van der Waals surface area contributed by atoms with Gasteiger partial charge in [-0.05, 0) is 103 Å². The molecule has 9 aromatic rings. The monoisotopic (exact) mass is 627 g/mol. The molecule has 1 aliphatic carbocycles. The van der Waals surface area contributed by atoms with Crippen molar-refractivity contribution in [3.8, 4) is 22.3 Å². The number of benzene rings is 8. The Morgan fingerprint density at radius 2 is 1.10 bits per heavy atom. The number of hydrogen-bond donors (Lipinski definition) is 0. The summed E-state index contributed by atoms with van der Waals surface area (Å²) in [5.74, 6) is 0. The minimum Gasteiger partial charge on any atom is -0.456 e. The zero-order valence-electron chi connectivity index (χ0n) is 27.4. The maximum Gasteiger partial charge on any atom is 0.137 e. The third-order valence-corrected chi connectivity index (χ3v) is 10.6. The lowest BCUT2D eigenvalue weighted by molar-refractivity contribution is 0.660. The second-order valence-corrected chi connectivity index (χ2v) is 13.8. The van der Waals surface area contributed by atoms with Crippen molar-refractivity contribution in [1.29, 1.82) is 0 Å². The van der Waals surface area contributed by atoms with Crippen molar-refractivity contribution in [2.24, 2.45) is 0 Å². The van der Waals surface area contributed by atoms with Crippen molar-refractivity contribution < 1.29 is 4.42 Å². The van der Waals surface area contributed by atoms with Crippen LogP contribution in [-0.2, 0) is 5.41 Å². The summed E-state index contributed by atoms with van der Waals surface area (Å²) >= 11 is 0. The van der Waals surface area contributed by atoms with Gasteiger partial charge in [0.2, 0.25) is 0 Å². The summed E-state index contributed by atoms with van der Waals surface area (Å²) in [5.41, 5.74) is 12.8. The van der Waals surface area contributed by atoms with Gasteiger partial charge in [-0.3, -0.25) is 0 Å². The molecular formula is C47H33NO. The first kappa shape index (κ1) is 27.9. The average Bonchev–Trinajstić information content (AvgIpc) is 3.62. The van der Waals surface area contributed by atoms with Gasteiger partial charge in [0, 0.05) is 22.2 Å². The fraction of sp³-hybridized carbons (Fsp3) is 0.0638. The summed E-state index contributed by atoms with van der Waals surface area (Å²) < 4.78 is 6.56. The Balaban J connectivity index is 1.21. The van der Waals surface area contributed by atoms with Crippen LogP contribution in [0.2, 0.25) is 0 Å². The van der Waals surface area contributed by atoms with Crippen LogP contribution in [0.5, 0.6) is 0 Å². The Bertz CT molecular complexity index is 2740. The van der Waals surface area contributed by atoms with Gasteiger partial charge in [0.05, 0.1) is 11.1 Å². The number of hydrogen-bond acceptors (Lipinski definition) is 2. The SMILES string of the molecule is CC1(C)c2ccccc2-c2cc(N(c3ccc(-c4cccc5ccccc45)cc3)c3cccc4oc5cc6ccccc6cc5c34)ccc21. The summed E-state index contributed by atoms with van der Waals surface area (Å²) in [6.07, 6.45) is 0. The van der Waals surface area contributed by atoms with E-state index < -0.39 is 0 Å². The summed E-state index contributed by atoms with van der Waals surface area (Å²) in [5, 5.41) is 7.12. The standard InChI is InChI=1S/C47H33NO/c1-47(2)41-18-8-7-16-38(41)39-29-35(25-26-42(39)47)48(34-23-21-31(22-24-34)37-17-9-14-30-11-5-6-15-36(30)37)43-19-10-20-44-46(43)40-27-32-12-3-4-13-33(32)28-45(40)49-44/h3-29H,1-2H3. The largest absolute Gasteiger partial charge is 0.456 e. The van der Waals surface area contributed by atoms with Crippen LogP contribution in [0.3, 0.4) is 0 Å². The summed E-state index contributed by atoms with van der Waals surface area (Å²) in [6, 6.07) is 59.5. The molecule has 49 heavy (non-hydrogen) atoms. The van der Waals surface area contributed by atoms with Gasteiger partial charge in [-0.1, -0.05) is 129 Å². The molecule has 0 amide bonds. The van der Waals surface area contributed by atoms with Crippen molar-refractivity contribution in [1.82, 2.24) is 0 Å². The lowest BCUT2D eigenvalue weighted by atomic mass is 9.82. The molecule has 1 aromatic heterocycles. The molecule has 0 unspecified atom stereocenters. The Labute approximate surface area is 285 Å². The van der Waals surface area contributed by atoms with E-state index in [1.807, 2.05) is 0 Å². The van der Waals surface area contributed by atoms with E-state index in [1.54, 1.807) is 0 Å². The molecule has 0 saturated carbocycles. The van der Waals surface area contributed by atoms with E-state index in [9.17, 15) is 0 Å². The van der Waals surface area contributed by atoms with Crippen molar-refractivity contribution in [3.63, 3.8) is 0 Å². The molecule has 0 spiro atoms. The van der Waals surface area contributed by atoms with E-state index >= 15 is 0 Å². The van der Waals surface area contributed by atoms with Gasteiger partial charge in [-0.25, -0.2) is 0 Å². The molecule has 232 valence electrons. The predicted molar refractivity (Wildman–Crippen MR) is 206 cm³/mol. The molecular weight excluding hydrogens is 595 g/mol. The number of fused-ring (bicyclic) bond motifs is 8. The van der Waals surface area contributed by atoms with E-state index in [1.165, 1.54) is 54.9 Å². The minimum absolute atomic E-state index is 0.0583. The van der Waals surface area contributed by atoms with E-state index in [4.69, 9.17) is 4.42 Å². The molecule has 2 nitrogen and oxygen atoms in total. The number of nitrogens with zero attached hydrogens (tertiary/aromatic N) is 1. The van der Waals surface area contributed by atoms with Gasteiger partial charge < -0.3 is 9.32 Å². The highest BCUT2D eigenvalue weighted by molar-refractivity contribution is 6.16. The summed E-state index contributed by atoms with van der Waals surface area (Å²) in [6.45, 7) is 4.67. The number of rotatable bonds is 4. The van der Waals surface area contributed by atoms with Gasteiger partial charge >= 0.3 is 0 Å². The molecule has 0 saturated heterocycles. The highest BCUT2D eigenvalue weighted by Gasteiger charge is 2.35. The minimum atomic E-state index is -0.0583. The summed E-state index contributed by atoms with van der Waals surface area (Å²) in [4.78, 5) is 2.41. The Morgan fingerprint density at radius 3 is 1.96 bits per heavy atom. The average molecular weight is 628 g/mol. The van der Waals surface area contributed by atoms with Gasteiger partial charge in [-0.2, -0.15) is 0 Å². The maximum absolute atomic E-state index is 6.56. The maximum atomic E-state index is 6.56. The molecule has 0 fully saturated rings. The van der Waals surface area contributed by atoms with Crippen LogP contribution in [-0.4, -0.2) is 0 Å². The molecule has 8 aromatic carbocycles. The quantitative estimate of drug-likeness (QED) is 0.193. The van der Waals surface area contributed by atoms with Gasteiger partial charge in [-0.15, -0.1) is 0 Å². The van der Waals surface area contributed by atoms with Crippen LogP contribution >= 0.6 is 0 Å². The molecule has 0 atom stereocenters. The lowest BCUT2D eigenvalue weighted by Gasteiger charge is -2.28. The van der Waals surface area contributed by atoms with E-state index in [0.29, 0.717) is 0 Å². The first-order valence-electron chi connectivity index (χ1n) is 17.0.